The maximum atomic E-state index is 12.5. The average Bonchev–Trinajstić information content (AvgIpc) is 3.24. The molecule has 0 spiro atoms. The lowest BCUT2D eigenvalue weighted by atomic mass is 9.76. The van der Waals surface area contributed by atoms with Gasteiger partial charge in [-0.05, 0) is 20.3 Å². The lowest BCUT2D eigenvalue weighted by Gasteiger charge is -2.46. The van der Waals surface area contributed by atoms with Gasteiger partial charge in [-0.25, -0.2) is 0 Å². The molecule has 186 valence electrons. The van der Waals surface area contributed by atoms with Gasteiger partial charge >= 0.3 is 11.9 Å². The van der Waals surface area contributed by atoms with Crippen molar-refractivity contribution in [2.24, 2.45) is 23.7 Å². The highest BCUT2D eigenvalue weighted by molar-refractivity contribution is 5.75. The molecule has 0 radical (unpaired) electrons. The maximum absolute atomic E-state index is 12.5. The lowest BCUT2D eigenvalue weighted by molar-refractivity contribution is -0.333. The molecule has 1 saturated carbocycles. The van der Waals surface area contributed by atoms with Crippen LogP contribution in [0.25, 0.3) is 0 Å². The van der Waals surface area contributed by atoms with E-state index in [0.29, 0.717) is 6.42 Å². The van der Waals surface area contributed by atoms with E-state index in [1.807, 2.05) is 13.8 Å². The number of esters is 2. The zero-order valence-corrected chi connectivity index (χ0v) is 19.3. The van der Waals surface area contributed by atoms with E-state index in [0.717, 1.165) is 5.57 Å². The van der Waals surface area contributed by atoms with Crippen LogP contribution in [0.1, 0.15) is 40.5 Å². The molecule has 12 atom stereocenters. The van der Waals surface area contributed by atoms with Crippen molar-refractivity contribution in [3.8, 4) is 0 Å². The van der Waals surface area contributed by atoms with Crippen molar-refractivity contribution in [3.63, 3.8) is 0 Å². The minimum absolute atomic E-state index is 0.181. The van der Waals surface area contributed by atoms with Crippen molar-refractivity contribution in [3.05, 3.63) is 11.6 Å². The second kappa shape index (κ2) is 8.90. The normalized spacial score (nSPS) is 49.5. The topological polar surface area (TPSA) is 152 Å². The number of aliphatic hydroxyl groups is 4. The largest absolute Gasteiger partial charge is 0.462 e. The van der Waals surface area contributed by atoms with E-state index in [2.05, 4.69) is 6.08 Å². The minimum atomic E-state index is -1.57. The average molecular weight is 471 g/mol. The van der Waals surface area contributed by atoms with E-state index in [-0.39, 0.29) is 30.1 Å². The van der Waals surface area contributed by atoms with Crippen molar-refractivity contribution < 1.29 is 49.0 Å². The van der Waals surface area contributed by atoms with Crippen LogP contribution in [0.15, 0.2) is 11.6 Å². The van der Waals surface area contributed by atoms with Gasteiger partial charge in [-0.15, -0.1) is 0 Å². The molecule has 2 saturated heterocycles. The van der Waals surface area contributed by atoms with Crippen LogP contribution in [0.4, 0.5) is 0 Å². The van der Waals surface area contributed by atoms with Gasteiger partial charge in [0.2, 0.25) is 0 Å². The summed E-state index contributed by atoms with van der Waals surface area (Å²) in [5.41, 5.74) is 0.0346. The molecule has 3 fully saturated rings. The summed E-state index contributed by atoms with van der Waals surface area (Å²) in [6, 6.07) is 0. The summed E-state index contributed by atoms with van der Waals surface area (Å²) in [4.78, 5) is 24.5. The van der Waals surface area contributed by atoms with Crippen LogP contribution < -0.4 is 0 Å². The first-order valence-corrected chi connectivity index (χ1v) is 11.5. The molecule has 33 heavy (non-hydrogen) atoms. The molecular weight excluding hydrogens is 436 g/mol. The van der Waals surface area contributed by atoms with Gasteiger partial charge < -0.3 is 39.4 Å². The zero-order valence-electron chi connectivity index (χ0n) is 19.3. The van der Waals surface area contributed by atoms with Crippen LogP contribution in [0.2, 0.25) is 0 Å². The summed E-state index contributed by atoms with van der Waals surface area (Å²) in [5, 5.41) is 40.4. The third kappa shape index (κ3) is 4.11. The highest BCUT2D eigenvalue weighted by atomic mass is 16.7. The van der Waals surface area contributed by atoms with E-state index in [4.69, 9.17) is 18.9 Å². The lowest BCUT2D eigenvalue weighted by Crippen LogP contribution is -2.61. The van der Waals surface area contributed by atoms with Crippen LogP contribution in [-0.2, 0) is 28.5 Å². The fourth-order valence-electron chi connectivity index (χ4n) is 6.22. The Balaban J connectivity index is 1.70. The quantitative estimate of drug-likeness (QED) is 0.317. The molecule has 4 rings (SSSR count). The van der Waals surface area contributed by atoms with E-state index in [1.165, 1.54) is 6.92 Å². The number of rotatable bonds is 4. The minimum Gasteiger partial charge on any atom is -0.462 e. The molecule has 10 heteroatoms. The van der Waals surface area contributed by atoms with Crippen LogP contribution in [0.3, 0.4) is 0 Å². The van der Waals surface area contributed by atoms with E-state index >= 15 is 0 Å². The number of fused-ring (bicyclic) bond motifs is 3. The van der Waals surface area contributed by atoms with E-state index < -0.39 is 67.0 Å². The third-order valence-electron chi connectivity index (χ3n) is 7.96. The Kier molecular flexibility index (Phi) is 6.63. The zero-order chi connectivity index (χ0) is 24.2. The summed E-state index contributed by atoms with van der Waals surface area (Å²) in [6.07, 6.45) is -5.32. The Labute approximate surface area is 192 Å². The fourth-order valence-corrected chi connectivity index (χ4v) is 6.22. The number of hydrogen-bond acceptors (Lipinski definition) is 10. The van der Waals surface area contributed by atoms with Crippen LogP contribution >= 0.6 is 0 Å². The van der Waals surface area contributed by atoms with Crippen LogP contribution in [0, 0.1) is 23.7 Å². The molecule has 0 aromatic rings. The highest BCUT2D eigenvalue weighted by Gasteiger charge is 2.61. The molecule has 0 amide bonds. The first kappa shape index (κ1) is 24.6. The van der Waals surface area contributed by atoms with Crippen LogP contribution in [0.5, 0.6) is 0 Å². The number of ether oxygens (including phenoxy) is 4. The Morgan fingerprint density at radius 2 is 1.94 bits per heavy atom. The summed E-state index contributed by atoms with van der Waals surface area (Å²) < 4.78 is 23.5. The second-order valence-corrected chi connectivity index (χ2v) is 10.1. The predicted molar refractivity (Wildman–Crippen MR) is 111 cm³/mol. The Hall–Kier alpha value is -1.56. The summed E-state index contributed by atoms with van der Waals surface area (Å²) in [5.74, 6) is -2.01. The van der Waals surface area contributed by atoms with E-state index in [1.54, 1.807) is 6.92 Å². The van der Waals surface area contributed by atoms with Gasteiger partial charge in [-0.2, -0.15) is 0 Å². The molecule has 0 bridgehead atoms. The van der Waals surface area contributed by atoms with Gasteiger partial charge in [-0.3, -0.25) is 9.59 Å². The molecule has 4 aliphatic rings. The standard InChI is InChI=1S/C23H34O10/c1-9-5-6-12-15(9)20-16(10(2)21(29)32-20)13(30-11(3)25)7-23(12,4)33-22-19(28)18(27)17(26)14(8-24)31-22/h5,10,12-20,22,24,26-28H,6-8H2,1-4H3/t10-,12?,13-,14+,15-,16+,17+,18-,19+,20+,22-,23+/m0/s1. The van der Waals surface area contributed by atoms with Crippen molar-refractivity contribution in [1.82, 2.24) is 0 Å². The summed E-state index contributed by atoms with van der Waals surface area (Å²) >= 11 is 0. The first-order chi connectivity index (χ1) is 15.5. The molecule has 2 aliphatic carbocycles. The molecule has 1 unspecified atom stereocenters. The number of carbonyl (C=O) groups excluding carboxylic acids is 2. The smallest absolute Gasteiger partial charge is 0.309 e. The van der Waals surface area contributed by atoms with Gasteiger partial charge in [0.25, 0.3) is 0 Å². The van der Waals surface area contributed by atoms with Crippen molar-refractivity contribution in [1.29, 1.82) is 0 Å². The summed E-state index contributed by atoms with van der Waals surface area (Å²) in [7, 11) is 0. The summed E-state index contributed by atoms with van der Waals surface area (Å²) in [6.45, 7) is 6.32. The number of carbonyl (C=O) groups is 2. The Morgan fingerprint density at radius 3 is 2.58 bits per heavy atom. The molecule has 10 nitrogen and oxygen atoms in total. The monoisotopic (exact) mass is 470 g/mol. The van der Waals surface area contributed by atoms with Crippen molar-refractivity contribution in [2.75, 3.05) is 6.61 Å². The van der Waals surface area contributed by atoms with Gasteiger partial charge in [0.15, 0.2) is 6.29 Å². The van der Waals surface area contributed by atoms with Crippen molar-refractivity contribution >= 4 is 11.9 Å². The predicted octanol–water partition coefficient (Wildman–Crippen LogP) is -0.343. The van der Waals surface area contributed by atoms with Crippen LogP contribution in [-0.4, -0.2) is 87.5 Å². The first-order valence-electron chi connectivity index (χ1n) is 11.5. The molecule has 2 heterocycles. The molecule has 0 aromatic heterocycles. The molecule has 4 N–H and O–H groups in total. The van der Waals surface area contributed by atoms with Gasteiger partial charge in [0, 0.05) is 31.1 Å². The maximum Gasteiger partial charge on any atom is 0.309 e. The third-order valence-corrected chi connectivity index (χ3v) is 7.96. The van der Waals surface area contributed by atoms with Crippen molar-refractivity contribution in [2.45, 2.75) is 89.1 Å². The van der Waals surface area contributed by atoms with Gasteiger partial charge in [0.1, 0.15) is 36.6 Å². The molecule has 0 aromatic carbocycles. The number of hydrogen-bond donors (Lipinski definition) is 4. The highest BCUT2D eigenvalue weighted by Crippen LogP contribution is 2.54. The van der Waals surface area contributed by atoms with E-state index in [9.17, 15) is 30.0 Å². The fraction of sp³-hybridized carbons (Fsp3) is 0.826. The number of aliphatic hydroxyl groups excluding tert-OH is 4. The van der Waals surface area contributed by atoms with Gasteiger partial charge in [-0.1, -0.05) is 18.6 Å². The number of allylic oxidation sites excluding steroid dienone is 1. The Bertz CT molecular complexity index is 811. The van der Waals surface area contributed by atoms with Gasteiger partial charge in [0.05, 0.1) is 18.1 Å². The second-order valence-electron chi connectivity index (χ2n) is 10.1. The Morgan fingerprint density at radius 1 is 1.24 bits per heavy atom. The molecule has 2 aliphatic heterocycles. The molecular formula is C23H34O10. The SMILES string of the molecule is CC(=O)O[C@H]1C[C@@](C)(O[C@@H]2O[C@H](CO)[C@@H](O)[C@H](O)[C@H]2O)C2CC=C(C)[C@@H]2[C@H]2OC(=O)[C@@H](C)[C@@H]21.